The van der Waals surface area contributed by atoms with Crippen molar-refractivity contribution in [2.45, 2.75) is 13.8 Å². The normalized spacial score (nSPS) is 10.1. The number of amides is 1. The minimum Gasteiger partial charge on any atom is -0.495 e. The van der Waals surface area contributed by atoms with Crippen LogP contribution in [0.4, 0.5) is 11.4 Å². The van der Waals surface area contributed by atoms with E-state index in [0.29, 0.717) is 17.0 Å². The van der Waals surface area contributed by atoms with Crippen LogP contribution in [0.3, 0.4) is 0 Å². The first-order valence-electron chi connectivity index (χ1n) is 7.34. The Morgan fingerprint density at radius 1 is 1.23 bits per heavy atom. The molecule has 0 aliphatic rings. The fourth-order valence-corrected chi connectivity index (χ4v) is 2.26. The van der Waals surface area contributed by atoms with Crippen LogP contribution in [0.5, 0.6) is 5.75 Å². The van der Waals surface area contributed by atoms with Gasteiger partial charge in [-0.15, -0.1) is 0 Å². The van der Waals surface area contributed by atoms with Crippen molar-refractivity contribution >= 4 is 17.3 Å². The number of nitrogens with one attached hydrogen (secondary N) is 1. The summed E-state index contributed by atoms with van der Waals surface area (Å²) < 4.78 is 5.24. The lowest BCUT2D eigenvalue weighted by molar-refractivity contribution is 0.102. The highest BCUT2D eigenvalue weighted by Crippen LogP contribution is 2.24. The van der Waals surface area contributed by atoms with E-state index in [9.17, 15) is 4.79 Å². The number of benzene rings is 1. The first kappa shape index (κ1) is 15.8. The Morgan fingerprint density at radius 3 is 2.64 bits per heavy atom. The molecule has 1 aromatic heterocycles. The number of aromatic nitrogens is 1. The van der Waals surface area contributed by atoms with Gasteiger partial charge in [0.1, 0.15) is 5.75 Å². The first-order valence-corrected chi connectivity index (χ1v) is 7.34. The molecule has 1 N–H and O–H groups in total. The fourth-order valence-electron chi connectivity index (χ4n) is 2.26. The molecule has 0 aliphatic heterocycles. The SMILES string of the molecule is CCN(CC)c1cncc(C(=O)Nc2ccccc2OC)c1. The molecule has 0 spiro atoms. The van der Waals surface area contributed by atoms with Gasteiger partial charge >= 0.3 is 0 Å². The molecule has 2 aromatic rings. The summed E-state index contributed by atoms with van der Waals surface area (Å²) in [5.41, 5.74) is 2.11. The Hall–Kier alpha value is -2.56. The highest BCUT2D eigenvalue weighted by molar-refractivity contribution is 6.05. The van der Waals surface area contributed by atoms with Crippen LogP contribution in [0, 0.1) is 0 Å². The minimum absolute atomic E-state index is 0.203. The monoisotopic (exact) mass is 299 g/mol. The van der Waals surface area contributed by atoms with Crippen LogP contribution < -0.4 is 15.0 Å². The molecule has 22 heavy (non-hydrogen) atoms. The van der Waals surface area contributed by atoms with E-state index in [0.717, 1.165) is 18.8 Å². The highest BCUT2D eigenvalue weighted by Gasteiger charge is 2.11. The lowest BCUT2D eigenvalue weighted by Crippen LogP contribution is -2.22. The molecule has 1 heterocycles. The Kier molecular flexibility index (Phi) is 5.36. The number of carbonyl (C=O) groups is 1. The molecule has 116 valence electrons. The number of hydrogen-bond donors (Lipinski definition) is 1. The van der Waals surface area contributed by atoms with Crippen LogP contribution in [-0.2, 0) is 0 Å². The number of hydrogen-bond acceptors (Lipinski definition) is 4. The number of ether oxygens (including phenoxy) is 1. The zero-order valence-electron chi connectivity index (χ0n) is 13.2. The number of nitrogens with zero attached hydrogens (tertiary/aromatic N) is 2. The predicted octanol–water partition coefficient (Wildman–Crippen LogP) is 3.19. The van der Waals surface area contributed by atoms with Crippen LogP contribution in [0.15, 0.2) is 42.7 Å². The minimum atomic E-state index is -0.203. The molecule has 0 saturated heterocycles. The van der Waals surface area contributed by atoms with E-state index < -0.39 is 0 Å². The van der Waals surface area contributed by atoms with Gasteiger partial charge in [-0.3, -0.25) is 9.78 Å². The molecule has 0 saturated carbocycles. The number of anilines is 2. The lowest BCUT2D eigenvalue weighted by Gasteiger charge is -2.20. The van der Waals surface area contributed by atoms with Gasteiger partial charge in [-0.05, 0) is 32.0 Å². The Labute approximate surface area is 130 Å². The summed E-state index contributed by atoms with van der Waals surface area (Å²) in [7, 11) is 1.58. The fraction of sp³-hybridized carbons (Fsp3) is 0.294. The summed E-state index contributed by atoms with van der Waals surface area (Å²) in [6, 6.07) is 9.17. The second kappa shape index (κ2) is 7.45. The maximum atomic E-state index is 12.4. The van der Waals surface area contributed by atoms with E-state index in [-0.39, 0.29) is 5.91 Å². The van der Waals surface area contributed by atoms with Crippen molar-refractivity contribution in [2.75, 3.05) is 30.4 Å². The summed E-state index contributed by atoms with van der Waals surface area (Å²) in [5.74, 6) is 0.426. The van der Waals surface area contributed by atoms with E-state index in [2.05, 4.69) is 29.0 Å². The van der Waals surface area contributed by atoms with Gasteiger partial charge in [-0.2, -0.15) is 0 Å². The van der Waals surface area contributed by atoms with E-state index in [1.807, 2.05) is 18.2 Å². The van der Waals surface area contributed by atoms with Crippen LogP contribution in [0.1, 0.15) is 24.2 Å². The summed E-state index contributed by atoms with van der Waals surface area (Å²) in [5, 5.41) is 2.86. The smallest absolute Gasteiger partial charge is 0.257 e. The van der Waals surface area contributed by atoms with Crippen LogP contribution >= 0.6 is 0 Å². The zero-order chi connectivity index (χ0) is 15.9. The van der Waals surface area contributed by atoms with E-state index in [1.165, 1.54) is 0 Å². The molecule has 5 nitrogen and oxygen atoms in total. The van der Waals surface area contributed by atoms with Crippen molar-refractivity contribution in [1.29, 1.82) is 0 Å². The summed E-state index contributed by atoms with van der Waals surface area (Å²) in [6.45, 7) is 5.89. The molecule has 0 bridgehead atoms. The molecule has 0 fully saturated rings. The molecule has 2 rings (SSSR count). The summed E-state index contributed by atoms with van der Waals surface area (Å²) in [6.07, 6.45) is 3.34. The van der Waals surface area contributed by atoms with Crippen molar-refractivity contribution in [1.82, 2.24) is 4.98 Å². The first-order chi connectivity index (χ1) is 10.7. The van der Waals surface area contributed by atoms with Gasteiger partial charge in [0, 0.05) is 19.3 Å². The van der Waals surface area contributed by atoms with E-state index >= 15 is 0 Å². The predicted molar refractivity (Wildman–Crippen MR) is 88.7 cm³/mol. The van der Waals surface area contributed by atoms with Crippen LogP contribution in [0.2, 0.25) is 0 Å². The second-order valence-corrected chi connectivity index (χ2v) is 4.76. The zero-order valence-corrected chi connectivity index (χ0v) is 13.2. The standard InChI is InChI=1S/C17H21N3O2/c1-4-20(5-2)14-10-13(11-18-12-14)17(21)19-15-8-6-7-9-16(15)22-3/h6-12H,4-5H2,1-3H3,(H,19,21). The van der Waals surface area contributed by atoms with Gasteiger partial charge in [0.05, 0.1) is 30.2 Å². The lowest BCUT2D eigenvalue weighted by atomic mass is 10.2. The molecule has 0 radical (unpaired) electrons. The maximum absolute atomic E-state index is 12.4. The molecular weight excluding hydrogens is 278 g/mol. The van der Waals surface area contributed by atoms with Crippen molar-refractivity contribution in [2.24, 2.45) is 0 Å². The maximum Gasteiger partial charge on any atom is 0.257 e. The number of methoxy groups -OCH3 is 1. The average molecular weight is 299 g/mol. The number of carbonyl (C=O) groups excluding carboxylic acids is 1. The third-order valence-corrected chi connectivity index (χ3v) is 3.47. The highest BCUT2D eigenvalue weighted by atomic mass is 16.5. The van der Waals surface area contributed by atoms with Crippen molar-refractivity contribution in [3.05, 3.63) is 48.3 Å². The molecule has 1 aromatic carbocycles. The van der Waals surface area contributed by atoms with Gasteiger partial charge in [0.15, 0.2) is 0 Å². The van der Waals surface area contributed by atoms with Crippen molar-refractivity contribution < 1.29 is 9.53 Å². The Morgan fingerprint density at radius 2 is 1.95 bits per heavy atom. The largest absolute Gasteiger partial charge is 0.495 e. The molecule has 0 aliphatic carbocycles. The molecule has 1 amide bonds. The van der Waals surface area contributed by atoms with Crippen molar-refractivity contribution in [3.8, 4) is 5.75 Å². The molecular formula is C17H21N3O2. The third kappa shape index (κ3) is 3.55. The number of rotatable bonds is 6. The Balaban J connectivity index is 2.21. The molecule has 5 heteroatoms. The van der Waals surface area contributed by atoms with Gasteiger partial charge in [-0.25, -0.2) is 0 Å². The molecule has 0 atom stereocenters. The quantitative estimate of drug-likeness (QED) is 0.890. The Bertz CT molecular complexity index is 639. The second-order valence-electron chi connectivity index (χ2n) is 4.76. The molecule has 0 unspecified atom stereocenters. The summed E-state index contributed by atoms with van der Waals surface area (Å²) in [4.78, 5) is 18.7. The third-order valence-electron chi connectivity index (χ3n) is 3.47. The summed E-state index contributed by atoms with van der Waals surface area (Å²) >= 11 is 0. The average Bonchev–Trinajstić information content (AvgIpc) is 2.57. The van der Waals surface area contributed by atoms with Crippen LogP contribution in [-0.4, -0.2) is 31.1 Å². The van der Waals surface area contributed by atoms with Gasteiger partial charge in [0.25, 0.3) is 5.91 Å². The van der Waals surface area contributed by atoms with Gasteiger partial charge in [0.2, 0.25) is 0 Å². The van der Waals surface area contributed by atoms with Gasteiger partial charge in [-0.1, -0.05) is 12.1 Å². The van der Waals surface area contributed by atoms with E-state index in [1.54, 1.807) is 31.6 Å². The van der Waals surface area contributed by atoms with Crippen LogP contribution in [0.25, 0.3) is 0 Å². The number of para-hydroxylation sites is 2. The number of pyridine rings is 1. The van der Waals surface area contributed by atoms with Crippen molar-refractivity contribution in [3.63, 3.8) is 0 Å². The van der Waals surface area contributed by atoms with Gasteiger partial charge < -0.3 is 15.0 Å². The topological polar surface area (TPSA) is 54.5 Å². The van der Waals surface area contributed by atoms with E-state index in [4.69, 9.17) is 4.74 Å².